The second-order valence-electron chi connectivity index (χ2n) is 6.04. The Kier molecular flexibility index (Phi) is 9.14. The maximum atomic E-state index is 12.6. The van der Waals surface area contributed by atoms with Crippen LogP contribution in [0.4, 0.5) is 13.2 Å². The van der Waals surface area contributed by atoms with E-state index in [4.69, 9.17) is 24.5 Å². The number of carbonyl (C=O) groups is 2. The van der Waals surface area contributed by atoms with Crippen molar-refractivity contribution in [3.05, 3.63) is 65.2 Å². The summed E-state index contributed by atoms with van der Waals surface area (Å²) in [7, 11) is 1.85. The highest BCUT2D eigenvalue weighted by Gasteiger charge is 2.30. The Balaban J connectivity index is 0.000000612. The molecule has 0 heterocycles. The molecule has 1 unspecified atom stereocenters. The SMILES string of the molecule is CNCCC(Oc1ccc(C(F)(F)F)cc1)c1ccc(C)cc1.O=C(O)C(=O)O. The van der Waals surface area contributed by atoms with Crippen LogP contribution in [0, 0.1) is 6.92 Å². The smallest absolute Gasteiger partial charge is 0.416 e. The molecule has 2 aromatic carbocycles. The third-order valence-electron chi connectivity index (χ3n) is 3.75. The summed E-state index contributed by atoms with van der Waals surface area (Å²) in [6.45, 7) is 2.75. The standard InChI is InChI=1S/C18H20F3NO.C2H2O4/c1-13-3-5-14(6-4-13)17(11-12-22-2)23-16-9-7-15(8-10-16)18(19,20)21;3-1(4)2(5)6/h3-10,17,22H,11-12H2,1-2H3;(H,3,4)(H,5,6). The molecule has 0 radical (unpaired) electrons. The average Bonchev–Trinajstić information content (AvgIpc) is 2.66. The van der Waals surface area contributed by atoms with Crippen molar-refractivity contribution in [2.75, 3.05) is 13.6 Å². The van der Waals surface area contributed by atoms with Crippen molar-refractivity contribution in [1.82, 2.24) is 5.32 Å². The summed E-state index contributed by atoms with van der Waals surface area (Å²) < 4.78 is 43.7. The molecule has 0 saturated heterocycles. The van der Waals surface area contributed by atoms with E-state index in [1.54, 1.807) is 0 Å². The van der Waals surface area contributed by atoms with E-state index in [1.807, 2.05) is 38.2 Å². The lowest BCUT2D eigenvalue weighted by Crippen LogP contribution is -2.16. The molecule has 0 bridgehead atoms. The Morgan fingerprint density at radius 3 is 1.93 bits per heavy atom. The molecule has 0 fully saturated rings. The molecule has 0 amide bonds. The molecular formula is C20H22F3NO5. The Hall–Kier alpha value is -3.07. The van der Waals surface area contributed by atoms with Gasteiger partial charge in [-0.3, -0.25) is 0 Å². The second-order valence-corrected chi connectivity index (χ2v) is 6.04. The van der Waals surface area contributed by atoms with Crippen molar-refractivity contribution >= 4 is 11.9 Å². The first-order valence-electron chi connectivity index (χ1n) is 8.56. The highest BCUT2D eigenvalue weighted by Crippen LogP contribution is 2.31. The molecule has 0 aliphatic rings. The molecule has 0 aliphatic carbocycles. The number of nitrogens with one attached hydrogen (secondary N) is 1. The van der Waals surface area contributed by atoms with Gasteiger partial charge in [-0.05, 0) is 50.3 Å². The van der Waals surface area contributed by atoms with Gasteiger partial charge < -0.3 is 20.3 Å². The predicted molar refractivity (Wildman–Crippen MR) is 99.8 cm³/mol. The molecule has 3 N–H and O–H groups in total. The van der Waals surface area contributed by atoms with Crippen molar-refractivity contribution in [2.45, 2.75) is 25.6 Å². The highest BCUT2D eigenvalue weighted by atomic mass is 19.4. The van der Waals surface area contributed by atoms with Crippen molar-refractivity contribution in [3.8, 4) is 5.75 Å². The van der Waals surface area contributed by atoms with Crippen molar-refractivity contribution in [3.63, 3.8) is 0 Å². The first-order valence-corrected chi connectivity index (χ1v) is 8.56. The van der Waals surface area contributed by atoms with E-state index in [9.17, 15) is 13.2 Å². The summed E-state index contributed by atoms with van der Waals surface area (Å²) in [5, 5.41) is 17.8. The number of carboxylic acids is 2. The summed E-state index contributed by atoms with van der Waals surface area (Å²) >= 11 is 0. The number of carboxylic acid groups (broad SMARTS) is 2. The molecular weight excluding hydrogens is 391 g/mol. The summed E-state index contributed by atoms with van der Waals surface area (Å²) in [4.78, 5) is 18.2. The minimum atomic E-state index is -4.33. The molecule has 2 aromatic rings. The number of halogens is 3. The van der Waals surface area contributed by atoms with Gasteiger partial charge in [0.05, 0.1) is 5.56 Å². The number of alkyl halides is 3. The van der Waals surface area contributed by atoms with Gasteiger partial charge in [-0.25, -0.2) is 9.59 Å². The molecule has 0 spiro atoms. The Morgan fingerprint density at radius 1 is 1.00 bits per heavy atom. The number of rotatable bonds is 6. The van der Waals surface area contributed by atoms with Gasteiger partial charge in [0.25, 0.3) is 0 Å². The number of aliphatic carboxylic acids is 2. The van der Waals surface area contributed by atoms with Gasteiger partial charge in [0.1, 0.15) is 11.9 Å². The summed E-state index contributed by atoms with van der Waals surface area (Å²) in [5.41, 5.74) is 1.48. The Morgan fingerprint density at radius 2 is 1.52 bits per heavy atom. The molecule has 2 rings (SSSR count). The number of benzene rings is 2. The fourth-order valence-corrected chi connectivity index (χ4v) is 2.24. The van der Waals surface area contributed by atoms with Gasteiger partial charge in [0, 0.05) is 6.42 Å². The summed E-state index contributed by atoms with van der Waals surface area (Å²) in [6, 6.07) is 12.8. The monoisotopic (exact) mass is 413 g/mol. The van der Waals surface area contributed by atoms with Crippen molar-refractivity contribution in [2.24, 2.45) is 0 Å². The van der Waals surface area contributed by atoms with Crippen LogP contribution < -0.4 is 10.1 Å². The van der Waals surface area contributed by atoms with E-state index in [0.29, 0.717) is 5.75 Å². The van der Waals surface area contributed by atoms with Crippen molar-refractivity contribution in [1.29, 1.82) is 0 Å². The van der Waals surface area contributed by atoms with Gasteiger partial charge in [-0.2, -0.15) is 13.2 Å². The molecule has 1 atom stereocenters. The Labute approximate surface area is 165 Å². The van der Waals surface area contributed by atoms with Gasteiger partial charge in [0.2, 0.25) is 0 Å². The lowest BCUT2D eigenvalue weighted by atomic mass is 10.0. The van der Waals surface area contributed by atoms with Crippen LogP contribution in [0.1, 0.15) is 29.2 Å². The first kappa shape index (κ1) is 24.0. The third-order valence-corrected chi connectivity index (χ3v) is 3.75. The lowest BCUT2D eigenvalue weighted by molar-refractivity contribution is -0.159. The number of ether oxygens (including phenoxy) is 1. The highest BCUT2D eigenvalue weighted by molar-refractivity contribution is 6.27. The summed E-state index contributed by atoms with van der Waals surface area (Å²) in [6.07, 6.45) is -3.82. The third kappa shape index (κ3) is 8.65. The summed E-state index contributed by atoms with van der Waals surface area (Å²) in [5.74, 6) is -3.22. The lowest BCUT2D eigenvalue weighted by Gasteiger charge is -2.20. The predicted octanol–water partition coefficient (Wildman–Crippen LogP) is 3.90. The average molecular weight is 413 g/mol. The van der Waals surface area contributed by atoms with E-state index < -0.39 is 23.7 Å². The number of hydrogen-bond donors (Lipinski definition) is 3. The van der Waals surface area contributed by atoms with Crippen molar-refractivity contribution < 1.29 is 37.7 Å². The van der Waals surface area contributed by atoms with E-state index in [-0.39, 0.29) is 6.10 Å². The first-order chi connectivity index (χ1) is 13.5. The minimum Gasteiger partial charge on any atom is -0.486 e. The van der Waals surface area contributed by atoms with Gasteiger partial charge in [-0.1, -0.05) is 29.8 Å². The van der Waals surface area contributed by atoms with Crippen LogP contribution in [-0.2, 0) is 15.8 Å². The normalized spacial score (nSPS) is 11.8. The van der Waals surface area contributed by atoms with Crippen LogP contribution in [0.3, 0.4) is 0 Å². The van der Waals surface area contributed by atoms with Crippen LogP contribution in [0.5, 0.6) is 5.75 Å². The molecule has 158 valence electrons. The zero-order valence-corrected chi connectivity index (χ0v) is 15.9. The van der Waals surface area contributed by atoms with E-state index in [1.165, 1.54) is 12.1 Å². The van der Waals surface area contributed by atoms with E-state index in [0.717, 1.165) is 36.2 Å². The molecule has 0 aliphatic heterocycles. The van der Waals surface area contributed by atoms with Crippen LogP contribution in [-0.4, -0.2) is 35.7 Å². The van der Waals surface area contributed by atoms with Gasteiger partial charge in [-0.15, -0.1) is 0 Å². The van der Waals surface area contributed by atoms with Gasteiger partial charge >= 0.3 is 18.1 Å². The zero-order valence-electron chi connectivity index (χ0n) is 15.9. The maximum Gasteiger partial charge on any atom is 0.416 e. The van der Waals surface area contributed by atoms with E-state index in [2.05, 4.69) is 5.32 Å². The van der Waals surface area contributed by atoms with E-state index >= 15 is 0 Å². The topological polar surface area (TPSA) is 95.9 Å². The minimum absolute atomic E-state index is 0.209. The number of aryl methyl sites for hydroxylation is 1. The number of hydrogen-bond acceptors (Lipinski definition) is 4. The second kappa shape index (κ2) is 11.1. The van der Waals surface area contributed by atoms with Crippen LogP contribution in [0.25, 0.3) is 0 Å². The fourth-order valence-electron chi connectivity index (χ4n) is 2.24. The van der Waals surface area contributed by atoms with Crippen LogP contribution in [0.15, 0.2) is 48.5 Å². The van der Waals surface area contributed by atoms with Gasteiger partial charge in [0.15, 0.2) is 0 Å². The Bertz CT molecular complexity index is 777. The van der Waals surface area contributed by atoms with Crippen LogP contribution >= 0.6 is 0 Å². The zero-order chi connectivity index (χ0) is 22.0. The molecule has 6 nitrogen and oxygen atoms in total. The largest absolute Gasteiger partial charge is 0.486 e. The fraction of sp³-hybridized carbons (Fsp3) is 0.300. The quantitative estimate of drug-likeness (QED) is 0.622. The molecule has 0 aromatic heterocycles. The molecule has 29 heavy (non-hydrogen) atoms. The maximum absolute atomic E-state index is 12.6. The molecule has 0 saturated carbocycles. The van der Waals surface area contributed by atoms with Crippen LogP contribution in [0.2, 0.25) is 0 Å². The molecule has 9 heteroatoms.